The lowest BCUT2D eigenvalue weighted by Crippen LogP contribution is -2.19. The molecule has 0 spiro atoms. The van der Waals surface area contributed by atoms with Crippen LogP contribution in [0.4, 0.5) is 5.69 Å². The van der Waals surface area contributed by atoms with E-state index in [4.69, 9.17) is 0 Å². The maximum atomic E-state index is 12.8. The number of methoxy groups -OCH3 is 3. The number of benzene rings is 1. The van der Waals surface area contributed by atoms with Crippen molar-refractivity contribution in [1.29, 1.82) is 0 Å². The minimum absolute atomic E-state index is 0.0221. The van der Waals surface area contributed by atoms with Crippen molar-refractivity contribution < 1.29 is 37.0 Å². The minimum Gasteiger partial charge on any atom is -0.465 e. The summed E-state index contributed by atoms with van der Waals surface area (Å²) in [4.78, 5) is 35.0. The monoisotopic (exact) mass is 413 g/mol. The highest BCUT2D eigenvalue weighted by molar-refractivity contribution is 7.92. The number of carbonyl (C=O) groups excluding carboxylic acids is 3. The Kier molecular flexibility index (Phi) is 6.18. The van der Waals surface area contributed by atoms with E-state index in [0.29, 0.717) is 0 Å². The zero-order valence-corrected chi connectivity index (χ0v) is 16.1. The van der Waals surface area contributed by atoms with Gasteiger partial charge < -0.3 is 14.2 Å². The molecule has 0 radical (unpaired) electrons. The molecule has 0 atom stereocenters. The second-order valence-corrected chi connectivity index (χ2v) is 7.52. The topological polar surface area (TPSA) is 125 Å². The van der Waals surface area contributed by atoms with Crippen molar-refractivity contribution in [2.24, 2.45) is 0 Å². The molecule has 0 saturated heterocycles. The molecule has 0 amide bonds. The molecule has 1 N–H and O–H groups in total. The van der Waals surface area contributed by atoms with Gasteiger partial charge in [0.15, 0.2) is 0 Å². The van der Waals surface area contributed by atoms with E-state index in [2.05, 4.69) is 18.9 Å². The van der Waals surface area contributed by atoms with E-state index in [1.807, 2.05) is 0 Å². The molecule has 2 aromatic rings. The molecule has 0 aliphatic heterocycles. The first-order valence-electron chi connectivity index (χ1n) is 7.24. The third-order valence-corrected chi connectivity index (χ3v) is 5.68. The first kappa shape index (κ1) is 20.4. The number of thiophene rings is 1. The van der Waals surface area contributed by atoms with Crippen LogP contribution >= 0.6 is 11.3 Å². The number of anilines is 1. The molecular weight excluding hydrogens is 398 g/mol. The maximum Gasteiger partial charge on any atom is 0.350 e. The molecule has 0 fully saturated rings. The van der Waals surface area contributed by atoms with Gasteiger partial charge in [0.1, 0.15) is 9.77 Å². The van der Waals surface area contributed by atoms with Crippen LogP contribution in [0.3, 0.4) is 0 Å². The molecule has 11 heteroatoms. The summed E-state index contributed by atoms with van der Waals surface area (Å²) in [5.74, 6) is -2.42. The fourth-order valence-electron chi connectivity index (χ4n) is 2.11. The Morgan fingerprint density at radius 1 is 0.926 bits per heavy atom. The molecule has 1 aromatic heterocycles. The number of carbonyl (C=O) groups is 3. The van der Waals surface area contributed by atoms with Crippen LogP contribution in [-0.2, 0) is 24.2 Å². The summed E-state index contributed by atoms with van der Waals surface area (Å²) < 4.78 is 41.7. The number of hydrogen-bond acceptors (Lipinski definition) is 9. The summed E-state index contributed by atoms with van der Waals surface area (Å²) in [5.41, 5.74) is -0.386. The number of nitrogens with one attached hydrogen (secondary N) is 1. The largest absolute Gasteiger partial charge is 0.465 e. The molecular formula is C16H15NO8S2. The Bertz CT molecular complexity index is 994. The lowest BCUT2D eigenvalue weighted by molar-refractivity contribution is 0.0583. The van der Waals surface area contributed by atoms with Crippen molar-refractivity contribution >= 4 is 45.0 Å². The SMILES string of the molecule is COC(=O)c1ccc(C(=O)OC)c(S(=O)(=O)Nc2ccsc2C(=O)OC)c1. The summed E-state index contributed by atoms with van der Waals surface area (Å²) in [6.45, 7) is 0. The van der Waals surface area contributed by atoms with Gasteiger partial charge >= 0.3 is 17.9 Å². The normalized spacial score (nSPS) is 10.8. The number of rotatable bonds is 6. The molecule has 2 rings (SSSR count). The van der Waals surface area contributed by atoms with Gasteiger partial charge in [0.05, 0.1) is 38.1 Å². The van der Waals surface area contributed by atoms with Gasteiger partial charge in [0, 0.05) is 0 Å². The number of sulfonamides is 1. The summed E-state index contributed by atoms with van der Waals surface area (Å²) >= 11 is 0.978. The van der Waals surface area contributed by atoms with E-state index in [9.17, 15) is 22.8 Å². The third kappa shape index (κ3) is 4.26. The zero-order chi connectivity index (χ0) is 20.2. The van der Waals surface area contributed by atoms with Crippen molar-refractivity contribution in [1.82, 2.24) is 0 Å². The summed E-state index contributed by atoms with van der Waals surface area (Å²) in [7, 11) is -0.967. The highest BCUT2D eigenvalue weighted by atomic mass is 32.2. The van der Waals surface area contributed by atoms with Crippen LogP contribution in [0.1, 0.15) is 30.4 Å². The zero-order valence-electron chi connectivity index (χ0n) is 14.5. The van der Waals surface area contributed by atoms with Crippen LogP contribution in [-0.4, -0.2) is 47.7 Å². The standard InChI is InChI=1S/C16H15NO8S2/c1-23-14(18)9-4-5-10(15(19)24-2)12(8-9)27(21,22)17-11-6-7-26-13(11)16(20)25-3/h4-8,17H,1-3H3. The molecule has 0 aliphatic rings. The molecule has 27 heavy (non-hydrogen) atoms. The van der Waals surface area contributed by atoms with Gasteiger partial charge in [0.2, 0.25) is 0 Å². The molecule has 1 aromatic carbocycles. The smallest absolute Gasteiger partial charge is 0.350 e. The van der Waals surface area contributed by atoms with Crippen molar-refractivity contribution in [3.8, 4) is 0 Å². The molecule has 0 saturated carbocycles. The maximum absolute atomic E-state index is 12.8. The predicted octanol–water partition coefficient (Wildman–Crippen LogP) is 1.91. The quantitative estimate of drug-likeness (QED) is 0.562. The van der Waals surface area contributed by atoms with E-state index in [1.165, 1.54) is 17.5 Å². The number of hydrogen-bond donors (Lipinski definition) is 1. The van der Waals surface area contributed by atoms with Crippen LogP contribution < -0.4 is 4.72 Å². The van der Waals surface area contributed by atoms with E-state index >= 15 is 0 Å². The van der Waals surface area contributed by atoms with E-state index in [1.54, 1.807) is 0 Å². The Balaban J connectivity index is 2.56. The van der Waals surface area contributed by atoms with Crippen LogP contribution in [0.5, 0.6) is 0 Å². The Morgan fingerprint density at radius 3 is 2.15 bits per heavy atom. The Labute approximate surface area is 158 Å². The average molecular weight is 413 g/mol. The fourth-order valence-corrected chi connectivity index (χ4v) is 4.23. The molecule has 0 bridgehead atoms. The van der Waals surface area contributed by atoms with Gasteiger partial charge in [-0.15, -0.1) is 11.3 Å². The van der Waals surface area contributed by atoms with Gasteiger partial charge in [-0.3, -0.25) is 4.72 Å². The molecule has 1 heterocycles. The Morgan fingerprint density at radius 2 is 1.56 bits per heavy atom. The summed E-state index contributed by atoms with van der Waals surface area (Å²) in [6.07, 6.45) is 0. The van der Waals surface area contributed by atoms with Crippen LogP contribution in [0.15, 0.2) is 34.5 Å². The van der Waals surface area contributed by atoms with Crippen molar-refractivity contribution in [3.05, 3.63) is 45.6 Å². The highest BCUT2D eigenvalue weighted by Gasteiger charge is 2.27. The van der Waals surface area contributed by atoms with Gasteiger partial charge in [-0.1, -0.05) is 0 Å². The van der Waals surface area contributed by atoms with Gasteiger partial charge in [-0.05, 0) is 29.6 Å². The van der Waals surface area contributed by atoms with Crippen molar-refractivity contribution in [2.45, 2.75) is 4.90 Å². The molecule has 0 unspecified atom stereocenters. The van der Waals surface area contributed by atoms with Gasteiger partial charge in [-0.2, -0.15) is 0 Å². The number of ether oxygens (including phenoxy) is 3. The van der Waals surface area contributed by atoms with E-state index < -0.39 is 32.8 Å². The minimum atomic E-state index is -4.36. The lowest BCUT2D eigenvalue weighted by Gasteiger charge is -2.12. The van der Waals surface area contributed by atoms with Crippen molar-refractivity contribution in [3.63, 3.8) is 0 Å². The Hall–Kier alpha value is -2.92. The summed E-state index contributed by atoms with van der Waals surface area (Å²) in [6, 6.07) is 4.74. The second-order valence-electron chi connectivity index (χ2n) is 4.95. The van der Waals surface area contributed by atoms with Crippen LogP contribution in [0.25, 0.3) is 0 Å². The predicted molar refractivity (Wildman–Crippen MR) is 95.6 cm³/mol. The van der Waals surface area contributed by atoms with Gasteiger partial charge in [-0.25, -0.2) is 22.8 Å². The van der Waals surface area contributed by atoms with Crippen LogP contribution in [0.2, 0.25) is 0 Å². The van der Waals surface area contributed by atoms with Crippen LogP contribution in [0, 0.1) is 0 Å². The second kappa shape index (κ2) is 8.18. The van der Waals surface area contributed by atoms with E-state index in [-0.39, 0.29) is 21.7 Å². The highest BCUT2D eigenvalue weighted by Crippen LogP contribution is 2.28. The fraction of sp³-hybridized carbons (Fsp3) is 0.188. The number of esters is 3. The third-order valence-electron chi connectivity index (χ3n) is 3.38. The molecule has 9 nitrogen and oxygen atoms in total. The van der Waals surface area contributed by atoms with Gasteiger partial charge in [0.25, 0.3) is 10.0 Å². The van der Waals surface area contributed by atoms with Crippen molar-refractivity contribution in [2.75, 3.05) is 26.1 Å². The molecule has 144 valence electrons. The summed E-state index contributed by atoms with van der Waals surface area (Å²) in [5, 5.41) is 1.50. The average Bonchev–Trinajstić information content (AvgIpc) is 3.12. The lowest BCUT2D eigenvalue weighted by atomic mass is 10.1. The first-order valence-corrected chi connectivity index (χ1v) is 9.60. The molecule has 0 aliphatic carbocycles. The first-order chi connectivity index (χ1) is 12.7. The van der Waals surface area contributed by atoms with E-state index in [0.717, 1.165) is 44.8 Å².